The molecule has 1 aromatic carbocycles. The van der Waals surface area contributed by atoms with E-state index in [2.05, 4.69) is 15.2 Å². The first-order valence-corrected chi connectivity index (χ1v) is 11.3. The van der Waals surface area contributed by atoms with Crippen molar-refractivity contribution in [2.75, 3.05) is 36.4 Å². The molecule has 1 aliphatic heterocycles. The number of hydrogen-bond donors (Lipinski definition) is 2. The Hall–Kier alpha value is -2.87. The molecule has 1 aliphatic carbocycles. The third kappa shape index (κ3) is 3.79. The van der Waals surface area contributed by atoms with Crippen LogP contribution in [-0.4, -0.2) is 52.9 Å². The maximum atomic E-state index is 13.2. The number of H-pyrrole nitrogens is 1. The predicted molar refractivity (Wildman–Crippen MR) is 119 cm³/mol. The molecule has 2 amide bonds. The van der Waals surface area contributed by atoms with Crippen LogP contribution in [0.15, 0.2) is 30.3 Å². The van der Waals surface area contributed by atoms with Crippen molar-refractivity contribution in [3.63, 3.8) is 0 Å². The molecule has 3 aromatic rings. The van der Waals surface area contributed by atoms with Gasteiger partial charge in [0.15, 0.2) is 0 Å². The van der Waals surface area contributed by atoms with Gasteiger partial charge in [-0.05, 0) is 49.9 Å². The highest BCUT2D eigenvalue weighted by Gasteiger charge is 2.30. The maximum absolute atomic E-state index is 13.2. The second kappa shape index (κ2) is 7.75. The highest BCUT2D eigenvalue weighted by atomic mass is 32.1. The molecule has 2 N–H and O–H groups in total. The van der Waals surface area contributed by atoms with Gasteiger partial charge in [-0.3, -0.25) is 9.59 Å². The number of anilines is 2. The van der Waals surface area contributed by atoms with Crippen LogP contribution in [0.3, 0.4) is 0 Å². The summed E-state index contributed by atoms with van der Waals surface area (Å²) < 4.78 is 0. The monoisotopic (exact) mass is 423 g/mol. The second-order valence-electron chi connectivity index (χ2n) is 8.10. The Morgan fingerprint density at radius 2 is 2.00 bits per heavy atom. The van der Waals surface area contributed by atoms with Gasteiger partial charge in [-0.2, -0.15) is 0 Å². The van der Waals surface area contributed by atoms with Gasteiger partial charge in [0, 0.05) is 32.1 Å². The van der Waals surface area contributed by atoms with E-state index in [1.807, 2.05) is 42.2 Å². The fourth-order valence-corrected chi connectivity index (χ4v) is 4.93. The van der Waals surface area contributed by atoms with E-state index in [0.29, 0.717) is 6.54 Å². The molecule has 30 heavy (non-hydrogen) atoms. The molecule has 0 spiro atoms. The van der Waals surface area contributed by atoms with Gasteiger partial charge in [0.05, 0.1) is 20.9 Å². The number of nitrogens with one attached hydrogen (secondary N) is 2. The summed E-state index contributed by atoms with van der Waals surface area (Å²) >= 11 is 1.39. The molecule has 156 valence electrons. The zero-order valence-electron chi connectivity index (χ0n) is 17.0. The molecule has 3 heterocycles. The number of amides is 2. The minimum absolute atomic E-state index is 0.0517. The van der Waals surface area contributed by atoms with Gasteiger partial charge in [0.25, 0.3) is 5.91 Å². The molecule has 8 heteroatoms. The Labute approximate surface area is 179 Å². The second-order valence-corrected chi connectivity index (χ2v) is 9.15. The summed E-state index contributed by atoms with van der Waals surface area (Å²) in [4.78, 5) is 38.2. The third-order valence-electron chi connectivity index (χ3n) is 5.77. The number of benzene rings is 1. The summed E-state index contributed by atoms with van der Waals surface area (Å²) in [7, 11) is 0. The standard InChI is InChI=1S/C22H25N5O2S/c1-14-13-18(25-20(28)15-7-8-15)30-19(14)21(29)26-9-4-10-27(12-11-26)22-23-16-5-2-3-6-17(16)24-22/h2-3,5-6,13,15H,4,7-12H2,1H3,(H,23,24)(H,25,28). The Balaban J connectivity index is 1.26. The van der Waals surface area contributed by atoms with Crippen molar-refractivity contribution in [1.29, 1.82) is 0 Å². The topological polar surface area (TPSA) is 81.3 Å². The van der Waals surface area contributed by atoms with Gasteiger partial charge in [-0.25, -0.2) is 4.98 Å². The maximum Gasteiger partial charge on any atom is 0.264 e. The van der Waals surface area contributed by atoms with Crippen LogP contribution in [0.5, 0.6) is 0 Å². The van der Waals surface area contributed by atoms with Crippen LogP contribution in [0.2, 0.25) is 0 Å². The van der Waals surface area contributed by atoms with Crippen molar-refractivity contribution in [1.82, 2.24) is 14.9 Å². The van der Waals surface area contributed by atoms with Crippen molar-refractivity contribution in [2.45, 2.75) is 26.2 Å². The van der Waals surface area contributed by atoms with Gasteiger partial charge < -0.3 is 20.1 Å². The molecule has 7 nitrogen and oxygen atoms in total. The molecule has 0 atom stereocenters. The van der Waals surface area contributed by atoms with Gasteiger partial charge >= 0.3 is 0 Å². The lowest BCUT2D eigenvalue weighted by Gasteiger charge is -2.21. The minimum Gasteiger partial charge on any atom is -0.341 e. The molecular weight excluding hydrogens is 398 g/mol. The molecule has 2 aliphatic rings. The average molecular weight is 424 g/mol. The van der Waals surface area contributed by atoms with E-state index in [4.69, 9.17) is 4.98 Å². The van der Waals surface area contributed by atoms with Crippen molar-refractivity contribution < 1.29 is 9.59 Å². The highest BCUT2D eigenvalue weighted by molar-refractivity contribution is 7.18. The first-order chi connectivity index (χ1) is 14.6. The zero-order chi connectivity index (χ0) is 20.7. The molecule has 0 unspecified atom stereocenters. The van der Waals surface area contributed by atoms with Crippen LogP contribution < -0.4 is 10.2 Å². The SMILES string of the molecule is Cc1cc(NC(=O)C2CC2)sc1C(=O)N1CCCN(c2nc3ccccc3[nH]2)CC1. The molecule has 1 saturated heterocycles. The summed E-state index contributed by atoms with van der Waals surface area (Å²) in [5.74, 6) is 1.15. The van der Waals surface area contributed by atoms with Crippen LogP contribution in [0.1, 0.15) is 34.5 Å². The number of hydrogen-bond acceptors (Lipinski definition) is 5. The number of aromatic nitrogens is 2. The molecule has 5 rings (SSSR count). The van der Waals surface area contributed by atoms with Crippen LogP contribution in [0.25, 0.3) is 11.0 Å². The lowest BCUT2D eigenvalue weighted by atomic mass is 10.2. The smallest absolute Gasteiger partial charge is 0.264 e. The number of aromatic amines is 1. The van der Waals surface area contributed by atoms with E-state index < -0.39 is 0 Å². The van der Waals surface area contributed by atoms with Crippen molar-refractivity contribution >= 4 is 45.1 Å². The first-order valence-electron chi connectivity index (χ1n) is 10.5. The number of nitrogens with zero attached hydrogens (tertiary/aromatic N) is 3. The number of carbonyl (C=O) groups excluding carboxylic acids is 2. The summed E-state index contributed by atoms with van der Waals surface area (Å²) in [5, 5.41) is 3.73. The summed E-state index contributed by atoms with van der Waals surface area (Å²) in [6.07, 6.45) is 2.83. The Bertz CT molecular complexity index is 1070. The fraction of sp³-hybridized carbons (Fsp3) is 0.409. The Morgan fingerprint density at radius 1 is 1.17 bits per heavy atom. The quantitative estimate of drug-likeness (QED) is 0.671. The largest absolute Gasteiger partial charge is 0.341 e. The number of para-hydroxylation sites is 2. The molecule has 0 radical (unpaired) electrons. The number of carbonyl (C=O) groups is 2. The predicted octanol–water partition coefficient (Wildman–Crippen LogP) is 3.63. The summed E-state index contributed by atoms with van der Waals surface area (Å²) in [6, 6.07) is 9.93. The normalized spacial score (nSPS) is 17.2. The van der Waals surface area contributed by atoms with E-state index >= 15 is 0 Å². The number of aryl methyl sites for hydroxylation is 1. The van der Waals surface area contributed by atoms with E-state index in [1.54, 1.807) is 0 Å². The lowest BCUT2D eigenvalue weighted by Crippen LogP contribution is -2.35. The van der Waals surface area contributed by atoms with Gasteiger partial charge in [-0.1, -0.05) is 12.1 Å². The van der Waals surface area contributed by atoms with Crippen LogP contribution in [0.4, 0.5) is 10.9 Å². The number of thiophene rings is 1. The number of imidazole rings is 1. The van der Waals surface area contributed by atoms with E-state index in [9.17, 15) is 9.59 Å². The highest BCUT2D eigenvalue weighted by Crippen LogP contribution is 2.33. The van der Waals surface area contributed by atoms with E-state index in [0.717, 1.165) is 71.3 Å². The Morgan fingerprint density at radius 3 is 2.80 bits per heavy atom. The summed E-state index contributed by atoms with van der Waals surface area (Å²) in [5.41, 5.74) is 2.91. The molecular formula is C22H25N5O2S. The first kappa shape index (κ1) is 19.1. The lowest BCUT2D eigenvalue weighted by molar-refractivity contribution is -0.117. The van der Waals surface area contributed by atoms with Crippen molar-refractivity contribution in [3.8, 4) is 0 Å². The van der Waals surface area contributed by atoms with Gasteiger partial charge in [0.2, 0.25) is 11.9 Å². The average Bonchev–Trinajstić information content (AvgIpc) is 3.47. The van der Waals surface area contributed by atoms with Crippen LogP contribution in [-0.2, 0) is 4.79 Å². The third-order valence-corrected chi connectivity index (χ3v) is 6.91. The summed E-state index contributed by atoms with van der Waals surface area (Å²) in [6.45, 7) is 4.90. The van der Waals surface area contributed by atoms with Crippen LogP contribution in [0, 0.1) is 12.8 Å². The van der Waals surface area contributed by atoms with E-state index in [-0.39, 0.29) is 17.7 Å². The van der Waals surface area contributed by atoms with Crippen molar-refractivity contribution in [2.24, 2.45) is 5.92 Å². The number of rotatable bonds is 4. The Kier molecular flexibility index (Phi) is 4.94. The van der Waals surface area contributed by atoms with Gasteiger partial charge in [-0.15, -0.1) is 11.3 Å². The number of fused-ring (bicyclic) bond motifs is 1. The van der Waals surface area contributed by atoms with E-state index in [1.165, 1.54) is 11.3 Å². The van der Waals surface area contributed by atoms with Crippen LogP contribution >= 0.6 is 11.3 Å². The molecule has 0 bridgehead atoms. The molecule has 2 fully saturated rings. The zero-order valence-corrected chi connectivity index (χ0v) is 17.8. The molecule has 2 aromatic heterocycles. The molecule has 1 saturated carbocycles. The fourth-order valence-electron chi connectivity index (χ4n) is 3.89. The van der Waals surface area contributed by atoms with Gasteiger partial charge in [0.1, 0.15) is 0 Å². The minimum atomic E-state index is 0.0517. The van der Waals surface area contributed by atoms with Crippen molar-refractivity contribution in [3.05, 3.63) is 40.8 Å².